The summed E-state index contributed by atoms with van der Waals surface area (Å²) in [6.07, 6.45) is -0.437. The minimum atomic E-state index is -1.96. The lowest BCUT2D eigenvalue weighted by Crippen LogP contribution is -2.47. The molecular formula is C21H34N2O6Si. The molecule has 2 amide bonds. The Morgan fingerprint density at radius 2 is 1.73 bits per heavy atom. The highest BCUT2D eigenvalue weighted by Crippen LogP contribution is 2.36. The zero-order chi connectivity index (χ0) is 22.8. The fourth-order valence-electron chi connectivity index (χ4n) is 2.21. The zero-order valence-corrected chi connectivity index (χ0v) is 19.7. The number of rotatable bonds is 10. The molecule has 0 spiro atoms. The van der Waals surface area contributed by atoms with Crippen molar-refractivity contribution < 1.29 is 28.3 Å². The number of carbonyl (C=O) groups is 3. The van der Waals surface area contributed by atoms with Crippen LogP contribution in [0.3, 0.4) is 0 Å². The second-order valence-corrected chi connectivity index (χ2v) is 13.3. The summed E-state index contributed by atoms with van der Waals surface area (Å²) in [5.41, 5.74) is 0.838. The number of hydrogen-bond donors (Lipinski definition) is 2. The van der Waals surface area contributed by atoms with Crippen LogP contribution in [0.1, 0.15) is 32.8 Å². The summed E-state index contributed by atoms with van der Waals surface area (Å²) in [6.45, 7) is 10.7. The Morgan fingerprint density at radius 3 is 2.30 bits per heavy atom. The lowest BCUT2D eigenvalue weighted by atomic mass is 10.2. The van der Waals surface area contributed by atoms with Gasteiger partial charge in [-0.15, -0.1) is 0 Å². The van der Waals surface area contributed by atoms with Crippen molar-refractivity contribution in [2.75, 3.05) is 20.3 Å². The molecule has 0 saturated carbocycles. The van der Waals surface area contributed by atoms with E-state index in [0.717, 1.165) is 5.56 Å². The molecule has 2 N–H and O–H groups in total. The number of amides is 2. The number of benzene rings is 1. The van der Waals surface area contributed by atoms with Crippen molar-refractivity contribution in [1.82, 2.24) is 10.6 Å². The summed E-state index contributed by atoms with van der Waals surface area (Å²) in [4.78, 5) is 35.9. The molecule has 0 fully saturated rings. The predicted molar refractivity (Wildman–Crippen MR) is 116 cm³/mol. The van der Waals surface area contributed by atoms with Gasteiger partial charge in [-0.05, 0) is 23.7 Å². The van der Waals surface area contributed by atoms with Crippen molar-refractivity contribution >= 4 is 26.3 Å². The second kappa shape index (κ2) is 11.7. The van der Waals surface area contributed by atoms with Gasteiger partial charge < -0.3 is 24.5 Å². The number of hydrogen-bond acceptors (Lipinski definition) is 6. The quantitative estimate of drug-likeness (QED) is 0.430. The summed E-state index contributed by atoms with van der Waals surface area (Å²) in [5, 5.41) is 4.98. The van der Waals surface area contributed by atoms with Crippen LogP contribution in [0.25, 0.3) is 0 Å². The highest BCUT2D eigenvalue weighted by Gasteiger charge is 2.37. The topological polar surface area (TPSA) is 103 Å². The Kier molecular flexibility index (Phi) is 10.0. The van der Waals surface area contributed by atoms with Crippen molar-refractivity contribution in [2.24, 2.45) is 0 Å². The van der Waals surface area contributed by atoms with Gasteiger partial charge >= 0.3 is 12.1 Å². The average molecular weight is 439 g/mol. The predicted octanol–water partition coefficient (Wildman–Crippen LogP) is 2.98. The molecule has 0 unspecified atom stereocenters. The van der Waals surface area contributed by atoms with Crippen molar-refractivity contribution in [3.8, 4) is 0 Å². The third-order valence-electron chi connectivity index (χ3n) is 5.10. The van der Waals surface area contributed by atoms with Crippen molar-refractivity contribution in [2.45, 2.75) is 58.0 Å². The molecule has 8 nitrogen and oxygen atoms in total. The number of ether oxygens (including phenoxy) is 2. The van der Waals surface area contributed by atoms with Crippen LogP contribution in [0.5, 0.6) is 0 Å². The van der Waals surface area contributed by atoms with Crippen molar-refractivity contribution in [3.05, 3.63) is 35.9 Å². The molecule has 0 saturated heterocycles. The first-order valence-corrected chi connectivity index (χ1v) is 12.8. The number of nitrogens with one attached hydrogen (secondary N) is 2. The van der Waals surface area contributed by atoms with Crippen molar-refractivity contribution in [3.63, 3.8) is 0 Å². The van der Waals surface area contributed by atoms with Gasteiger partial charge in [-0.3, -0.25) is 4.79 Å². The average Bonchev–Trinajstić information content (AvgIpc) is 2.69. The lowest BCUT2D eigenvalue weighted by molar-refractivity contribution is -0.145. The molecule has 1 aromatic carbocycles. The summed E-state index contributed by atoms with van der Waals surface area (Å²) in [5.74, 6) is -1.08. The van der Waals surface area contributed by atoms with Crippen LogP contribution < -0.4 is 10.6 Å². The van der Waals surface area contributed by atoms with Gasteiger partial charge in [0.1, 0.15) is 19.2 Å². The van der Waals surface area contributed by atoms with E-state index in [4.69, 9.17) is 13.9 Å². The van der Waals surface area contributed by atoms with Crippen molar-refractivity contribution in [1.29, 1.82) is 0 Å². The summed E-state index contributed by atoms with van der Waals surface area (Å²) < 4.78 is 15.9. The van der Waals surface area contributed by atoms with Gasteiger partial charge in [0.25, 0.3) is 0 Å². The first kappa shape index (κ1) is 25.6. The third kappa shape index (κ3) is 8.96. The Balaban J connectivity index is 2.45. The maximum atomic E-state index is 12.2. The Bertz CT molecular complexity index is 703. The van der Waals surface area contributed by atoms with Gasteiger partial charge in [-0.1, -0.05) is 51.1 Å². The smallest absolute Gasteiger partial charge is 0.407 e. The van der Waals surface area contributed by atoms with E-state index < -0.39 is 32.3 Å². The van der Waals surface area contributed by atoms with Crippen LogP contribution in [-0.4, -0.2) is 52.6 Å². The minimum absolute atomic E-state index is 0.0427. The highest BCUT2D eigenvalue weighted by molar-refractivity contribution is 6.74. The summed E-state index contributed by atoms with van der Waals surface area (Å²) in [7, 11) is -0.703. The first-order valence-electron chi connectivity index (χ1n) is 9.92. The maximum absolute atomic E-state index is 12.2. The van der Waals surface area contributed by atoms with Crippen LogP contribution in [0.4, 0.5) is 4.79 Å². The molecule has 0 aromatic heterocycles. The largest absolute Gasteiger partial charge is 0.467 e. The maximum Gasteiger partial charge on any atom is 0.407 e. The number of methoxy groups -OCH3 is 1. The molecular weight excluding hydrogens is 404 g/mol. The lowest BCUT2D eigenvalue weighted by Gasteiger charge is -2.36. The number of esters is 1. The molecule has 1 atom stereocenters. The Hall–Kier alpha value is -2.39. The molecule has 0 aliphatic carbocycles. The molecule has 168 valence electrons. The number of carbonyl (C=O) groups excluding carboxylic acids is 3. The van der Waals surface area contributed by atoms with Gasteiger partial charge in [0.05, 0.1) is 7.11 Å². The zero-order valence-electron chi connectivity index (χ0n) is 18.7. The fraction of sp³-hybridized carbons (Fsp3) is 0.571. The van der Waals surface area contributed by atoms with E-state index in [1.807, 2.05) is 30.3 Å². The third-order valence-corrected chi connectivity index (χ3v) is 9.64. The van der Waals surface area contributed by atoms with Gasteiger partial charge in [0, 0.05) is 13.0 Å². The molecule has 0 aliphatic rings. The van der Waals surface area contributed by atoms with Gasteiger partial charge in [-0.2, -0.15) is 0 Å². The van der Waals surface area contributed by atoms with Crippen LogP contribution in [0, 0.1) is 0 Å². The molecule has 0 radical (unpaired) electrons. The van der Waals surface area contributed by atoms with E-state index in [1.165, 1.54) is 7.11 Å². The van der Waals surface area contributed by atoms with E-state index in [-0.39, 0.29) is 24.6 Å². The van der Waals surface area contributed by atoms with Crippen LogP contribution in [0.2, 0.25) is 18.1 Å². The summed E-state index contributed by atoms with van der Waals surface area (Å²) >= 11 is 0. The van der Waals surface area contributed by atoms with E-state index in [9.17, 15) is 14.4 Å². The van der Waals surface area contributed by atoms with Crippen LogP contribution in [0.15, 0.2) is 30.3 Å². The molecule has 0 heterocycles. The molecule has 0 aliphatic heterocycles. The first-order chi connectivity index (χ1) is 14.0. The van der Waals surface area contributed by atoms with E-state index in [0.29, 0.717) is 6.61 Å². The van der Waals surface area contributed by atoms with Gasteiger partial charge in [-0.25, -0.2) is 9.59 Å². The normalized spacial score (nSPS) is 12.6. The molecule has 1 aromatic rings. The summed E-state index contributed by atoms with van der Waals surface area (Å²) in [6, 6.07) is 8.34. The molecule has 30 heavy (non-hydrogen) atoms. The minimum Gasteiger partial charge on any atom is -0.467 e. The van der Waals surface area contributed by atoms with E-state index >= 15 is 0 Å². The van der Waals surface area contributed by atoms with Gasteiger partial charge in [0.15, 0.2) is 8.32 Å². The Labute approximate surface area is 179 Å². The van der Waals surface area contributed by atoms with E-state index in [1.54, 1.807) is 0 Å². The number of alkyl carbamates (subject to hydrolysis) is 1. The fourth-order valence-corrected chi connectivity index (χ4v) is 3.27. The SMILES string of the molecule is COC(=O)[C@@H](CCO[Si](C)(C)C(C)(C)C)NC(=O)CNC(=O)OCc1ccccc1. The van der Waals surface area contributed by atoms with Crippen LogP contribution >= 0.6 is 0 Å². The van der Waals surface area contributed by atoms with Gasteiger partial charge in [0.2, 0.25) is 5.91 Å². The van der Waals surface area contributed by atoms with Crippen LogP contribution in [-0.2, 0) is 30.1 Å². The molecule has 9 heteroatoms. The standard InChI is InChI=1S/C21H34N2O6Si/c1-21(2,3)30(5,6)29-13-12-17(19(25)27-4)23-18(24)14-22-20(26)28-15-16-10-8-7-9-11-16/h7-11,17H,12-15H2,1-6H3,(H,22,26)(H,23,24)/t17-/m1/s1. The molecule has 1 rings (SSSR count). The highest BCUT2D eigenvalue weighted by atomic mass is 28.4. The van der Waals surface area contributed by atoms with E-state index in [2.05, 4.69) is 44.5 Å². The Morgan fingerprint density at radius 1 is 1.10 bits per heavy atom. The second-order valence-electron chi connectivity index (χ2n) is 8.46. The molecule has 0 bridgehead atoms. The monoisotopic (exact) mass is 438 g/mol.